The smallest absolute Gasteiger partial charge is 0.306 e. The summed E-state index contributed by atoms with van der Waals surface area (Å²) in [6.07, 6.45) is 43.0. The summed E-state index contributed by atoms with van der Waals surface area (Å²) in [6.45, 7) is 3.27. The van der Waals surface area contributed by atoms with Gasteiger partial charge in [-0.1, -0.05) is 137 Å². The summed E-state index contributed by atoms with van der Waals surface area (Å²) in [6, 6.07) is 0. The van der Waals surface area contributed by atoms with Crippen LogP contribution in [0.1, 0.15) is 155 Å². The highest BCUT2D eigenvalue weighted by Crippen LogP contribution is 2.22. The number of aliphatic hydroxyl groups excluding tert-OH is 4. The van der Waals surface area contributed by atoms with Crippen LogP contribution in [0.5, 0.6) is 0 Å². The second-order valence-electron chi connectivity index (χ2n) is 15.1. The van der Waals surface area contributed by atoms with Gasteiger partial charge in [0.2, 0.25) is 0 Å². The van der Waals surface area contributed by atoms with E-state index in [-0.39, 0.29) is 26.1 Å². The van der Waals surface area contributed by atoms with Crippen molar-refractivity contribution < 1.29 is 49.0 Å². The van der Waals surface area contributed by atoms with Crippen molar-refractivity contribution in [3.05, 3.63) is 85.1 Å². The molecule has 2 unspecified atom stereocenters. The van der Waals surface area contributed by atoms with Gasteiger partial charge in [-0.3, -0.25) is 9.59 Å². The maximum absolute atomic E-state index is 12.8. The van der Waals surface area contributed by atoms with Crippen molar-refractivity contribution in [3.63, 3.8) is 0 Å². The predicted octanol–water partition coefficient (Wildman–Crippen LogP) is 9.77. The highest BCUT2D eigenvalue weighted by atomic mass is 16.7. The number of unbranched alkanes of at least 4 members (excludes halogenated alkanes) is 11. The first-order chi connectivity index (χ1) is 28.8. The normalized spacial score (nSPS) is 20.8. The first kappa shape index (κ1) is 53.9. The molecule has 0 spiro atoms. The lowest BCUT2D eigenvalue weighted by molar-refractivity contribution is -0.305. The molecule has 4 N–H and O–H groups in total. The molecule has 6 atom stereocenters. The Morgan fingerprint density at radius 3 is 1.46 bits per heavy atom. The molecule has 0 aliphatic carbocycles. The van der Waals surface area contributed by atoms with Gasteiger partial charge in [-0.15, -0.1) is 0 Å². The Hall–Kier alpha value is -3.12. The molecule has 10 nitrogen and oxygen atoms in total. The summed E-state index contributed by atoms with van der Waals surface area (Å²) < 4.78 is 22.1. The molecule has 1 rings (SSSR count). The van der Waals surface area contributed by atoms with Crippen LogP contribution in [0.3, 0.4) is 0 Å². The number of ether oxygens (including phenoxy) is 4. The molecule has 336 valence electrons. The predicted molar refractivity (Wildman–Crippen MR) is 237 cm³/mol. The van der Waals surface area contributed by atoms with E-state index in [1.165, 1.54) is 44.9 Å². The molecule has 1 fully saturated rings. The summed E-state index contributed by atoms with van der Waals surface area (Å²) in [5, 5.41) is 40.1. The molecular formula is C49H80O10. The molecule has 0 aromatic carbocycles. The van der Waals surface area contributed by atoms with E-state index in [1.807, 2.05) is 6.08 Å². The van der Waals surface area contributed by atoms with Crippen LogP contribution < -0.4 is 0 Å². The zero-order chi connectivity index (χ0) is 43.0. The van der Waals surface area contributed by atoms with Crippen LogP contribution >= 0.6 is 0 Å². The molecular weight excluding hydrogens is 749 g/mol. The number of carbonyl (C=O) groups excluding carboxylic acids is 2. The minimum atomic E-state index is -1.61. The third-order valence-corrected chi connectivity index (χ3v) is 9.75. The number of aliphatic hydroxyl groups is 4. The van der Waals surface area contributed by atoms with Crippen LogP contribution in [-0.4, -0.2) is 89.0 Å². The summed E-state index contributed by atoms with van der Waals surface area (Å²) in [5.74, 6) is -0.906. The summed E-state index contributed by atoms with van der Waals surface area (Å²) in [4.78, 5) is 25.3. The molecule has 0 aromatic heterocycles. The van der Waals surface area contributed by atoms with Gasteiger partial charge >= 0.3 is 11.9 Å². The molecule has 0 saturated carbocycles. The van der Waals surface area contributed by atoms with Crippen LogP contribution in [0, 0.1) is 0 Å². The van der Waals surface area contributed by atoms with E-state index in [2.05, 4.69) is 92.8 Å². The second-order valence-corrected chi connectivity index (χ2v) is 15.1. The first-order valence-corrected chi connectivity index (χ1v) is 22.7. The van der Waals surface area contributed by atoms with Crippen LogP contribution in [0.15, 0.2) is 85.1 Å². The van der Waals surface area contributed by atoms with Crippen molar-refractivity contribution in [2.24, 2.45) is 0 Å². The molecule has 0 amide bonds. The van der Waals surface area contributed by atoms with Gasteiger partial charge in [0.15, 0.2) is 12.4 Å². The number of hydrogen-bond donors (Lipinski definition) is 4. The number of rotatable bonds is 36. The third-order valence-electron chi connectivity index (χ3n) is 9.75. The minimum Gasteiger partial charge on any atom is -0.462 e. The summed E-state index contributed by atoms with van der Waals surface area (Å²) in [5.41, 5.74) is 0. The number of allylic oxidation sites excluding steroid dienone is 14. The van der Waals surface area contributed by atoms with Gasteiger partial charge in [0, 0.05) is 12.8 Å². The average molecular weight is 829 g/mol. The Kier molecular flexibility index (Phi) is 35.7. The molecule has 0 bridgehead atoms. The van der Waals surface area contributed by atoms with Crippen molar-refractivity contribution in [2.75, 3.05) is 19.8 Å². The van der Waals surface area contributed by atoms with Crippen molar-refractivity contribution in [2.45, 2.75) is 192 Å². The van der Waals surface area contributed by atoms with Crippen molar-refractivity contribution >= 4 is 11.9 Å². The average Bonchev–Trinajstić information content (AvgIpc) is 3.23. The lowest BCUT2D eigenvalue weighted by atomic mass is 9.99. The largest absolute Gasteiger partial charge is 0.462 e. The zero-order valence-corrected chi connectivity index (χ0v) is 36.5. The molecule has 59 heavy (non-hydrogen) atoms. The fraction of sp³-hybridized carbons (Fsp3) is 0.673. The van der Waals surface area contributed by atoms with Crippen LogP contribution in [0.4, 0.5) is 0 Å². The number of carbonyl (C=O) groups is 2. The zero-order valence-electron chi connectivity index (χ0n) is 36.5. The van der Waals surface area contributed by atoms with Gasteiger partial charge in [0.05, 0.1) is 13.2 Å². The first-order valence-electron chi connectivity index (χ1n) is 22.7. The standard InChI is InChI=1S/C49H80O10/c1-3-5-7-9-11-13-15-17-19-21-23-25-27-29-31-33-35-37-44(51)56-40-42(41-57-49-48(55)47(54)46(53)43(39-50)59-49)58-45(52)38-36-34-32-30-28-26-24-22-20-18-16-14-12-10-8-6-4-2/h11-14,17-20,23-26,30,32,42-43,46-50,53-55H,3-10,15-16,21-22,27-29,31,33-41H2,1-2H3/b13-11+,14-12+,19-17+,20-18+,25-23+,26-24+,32-30+/t42-,43-,46+,47?,48?,49-/m0/s1. The van der Waals surface area contributed by atoms with E-state index in [1.54, 1.807) is 0 Å². The van der Waals surface area contributed by atoms with E-state index in [9.17, 15) is 30.0 Å². The second kappa shape index (κ2) is 39.0. The van der Waals surface area contributed by atoms with Gasteiger partial charge in [0.1, 0.15) is 31.0 Å². The monoisotopic (exact) mass is 829 g/mol. The van der Waals surface area contributed by atoms with Gasteiger partial charge in [-0.25, -0.2) is 0 Å². The van der Waals surface area contributed by atoms with Crippen LogP contribution in [-0.2, 0) is 28.5 Å². The van der Waals surface area contributed by atoms with Gasteiger partial charge in [-0.05, 0) is 89.9 Å². The fourth-order valence-electron chi connectivity index (χ4n) is 6.13. The summed E-state index contributed by atoms with van der Waals surface area (Å²) >= 11 is 0. The highest BCUT2D eigenvalue weighted by Gasteiger charge is 2.44. The lowest BCUT2D eigenvalue weighted by Gasteiger charge is -2.39. The van der Waals surface area contributed by atoms with Gasteiger partial charge < -0.3 is 39.4 Å². The van der Waals surface area contributed by atoms with E-state index in [0.29, 0.717) is 19.3 Å². The lowest BCUT2D eigenvalue weighted by Crippen LogP contribution is -2.59. The maximum Gasteiger partial charge on any atom is 0.306 e. The highest BCUT2D eigenvalue weighted by molar-refractivity contribution is 5.70. The Balaban J connectivity index is 2.40. The van der Waals surface area contributed by atoms with Crippen LogP contribution in [0.25, 0.3) is 0 Å². The van der Waals surface area contributed by atoms with Crippen molar-refractivity contribution in [3.8, 4) is 0 Å². The molecule has 0 radical (unpaired) electrons. The molecule has 1 saturated heterocycles. The van der Waals surface area contributed by atoms with E-state index < -0.39 is 55.4 Å². The fourth-order valence-corrected chi connectivity index (χ4v) is 6.13. The topological polar surface area (TPSA) is 152 Å². The van der Waals surface area contributed by atoms with Crippen molar-refractivity contribution in [1.29, 1.82) is 0 Å². The van der Waals surface area contributed by atoms with Crippen molar-refractivity contribution in [1.82, 2.24) is 0 Å². The quantitative estimate of drug-likeness (QED) is 0.0273. The minimum absolute atomic E-state index is 0.144. The van der Waals surface area contributed by atoms with Gasteiger partial charge in [0.25, 0.3) is 0 Å². The van der Waals surface area contributed by atoms with Gasteiger partial charge in [-0.2, -0.15) is 0 Å². The Morgan fingerprint density at radius 2 is 0.966 bits per heavy atom. The van der Waals surface area contributed by atoms with Crippen LogP contribution in [0.2, 0.25) is 0 Å². The number of esters is 2. The molecule has 1 aliphatic heterocycles. The van der Waals surface area contributed by atoms with E-state index in [4.69, 9.17) is 18.9 Å². The Labute approximate surface area is 356 Å². The van der Waals surface area contributed by atoms with E-state index >= 15 is 0 Å². The Bertz CT molecular complexity index is 1230. The maximum atomic E-state index is 12.8. The molecule has 1 heterocycles. The molecule has 0 aromatic rings. The molecule has 10 heteroatoms. The number of hydrogen-bond acceptors (Lipinski definition) is 10. The third kappa shape index (κ3) is 30.5. The summed E-state index contributed by atoms with van der Waals surface area (Å²) in [7, 11) is 0. The Morgan fingerprint density at radius 1 is 0.525 bits per heavy atom. The van der Waals surface area contributed by atoms with E-state index in [0.717, 1.165) is 64.2 Å². The SMILES string of the molecule is CCCCC/C=C/C/C=C/C/C=C/C/C=C/CCCC(=O)O[C@@H](COC(=O)CCCCCC/C=C/C/C=C/C/C=C/CCCCC)CO[C@H]1O[C@@H](CO)[C@@H](O)C(O)C1O. The molecule has 1 aliphatic rings.